The summed E-state index contributed by atoms with van der Waals surface area (Å²) in [7, 11) is 0. The summed E-state index contributed by atoms with van der Waals surface area (Å²) in [5, 5.41) is 5.81. The van der Waals surface area contributed by atoms with E-state index in [4.69, 9.17) is 0 Å². The molecule has 0 aliphatic carbocycles. The van der Waals surface area contributed by atoms with Gasteiger partial charge >= 0.3 is 0 Å². The molecular formula is C21H23N3O2S2. The van der Waals surface area contributed by atoms with Crippen molar-refractivity contribution in [3.63, 3.8) is 0 Å². The average molecular weight is 414 g/mol. The molecule has 0 radical (unpaired) electrons. The maximum atomic E-state index is 12.4. The number of rotatable bonds is 5. The number of benzene rings is 2. The lowest BCUT2D eigenvalue weighted by molar-refractivity contribution is -0.120. The minimum atomic E-state index is -0.0601. The Morgan fingerprint density at radius 3 is 2.46 bits per heavy atom. The van der Waals surface area contributed by atoms with Crippen molar-refractivity contribution in [2.24, 2.45) is 0 Å². The topological polar surface area (TPSA) is 61.4 Å². The Morgan fingerprint density at radius 2 is 1.79 bits per heavy atom. The van der Waals surface area contributed by atoms with Crippen molar-refractivity contribution in [2.45, 2.75) is 11.1 Å². The zero-order chi connectivity index (χ0) is 19.3. The Labute approximate surface area is 173 Å². The maximum Gasteiger partial charge on any atom is 0.251 e. The smallest absolute Gasteiger partial charge is 0.251 e. The van der Waals surface area contributed by atoms with Crippen LogP contribution in [0.25, 0.3) is 0 Å². The van der Waals surface area contributed by atoms with E-state index in [1.54, 1.807) is 0 Å². The molecule has 2 fully saturated rings. The van der Waals surface area contributed by atoms with Crippen LogP contribution in [0.4, 0.5) is 5.69 Å². The largest absolute Gasteiger partial charge is 0.360 e. The van der Waals surface area contributed by atoms with Gasteiger partial charge in [0.2, 0.25) is 5.91 Å². The molecule has 2 heterocycles. The van der Waals surface area contributed by atoms with Gasteiger partial charge in [-0.3, -0.25) is 9.59 Å². The Kier molecular flexibility index (Phi) is 6.12. The third kappa shape index (κ3) is 4.64. The van der Waals surface area contributed by atoms with Gasteiger partial charge in [-0.1, -0.05) is 24.3 Å². The van der Waals surface area contributed by atoms with Crippen LogP contribution in [0.15, 0.2) is 48.5 Å². The first kappa shape index (κ1) is 19.2. The highest BCUT2D eigenvalue weighted by Gasteiger charge is 2.19. The molecule has 0 bridgehead atoms. The van der Waals surface area contributed by atoms with E-state index >= 15 is 0 Å². The molecule has 5 nitrogen and oxygen atoms in total. The highest BCUT2D eigenvalue weighted by Crippen LogP contribution is 2.45. The molecule has 0 spiro atoms. The second-order valence-electron chi connectivity index (χ2n) is 6.82. The summed E-state index contributed by atoms with van der Waals surface area (Å²) in [5.74, 6) is 2.39. The van der Waals surface area contributed by atoms with Gasteiger partial charge in [0.1, 0.15) is 0 Å². The lowest BCUT2D eigenvalue weighted by Crippen LogP contribution is -2.47. The van der Waals surface area contributed by atoms with E-state index in [1.807, 2.05) is 59.9 Å². The SMILES string of the molecule is O=C1CN(c2ccc(CNC(=O)c3ccc(C4SCCS4)cc3)cc2)CCN1. The predicted octanol–water partition coefficient (Wildman–Crippen LogP) is 3.03. The number of nitrogens with one attached hydrogen (secondary N) is 2. The lowest BCUT2D eigenvalue weighted by atomic mass is 10.1. The van der Waals surface area contributed by atoms with Gasteiger partial charge in [-0.15, -0.1) is 23.5 Å². The van der Waals surface area contributed by atoms with E-state index in [0.717, 1.165) is 17.8 Å². The number of nitrogens with zero attached hydrogens (tertiary/aromatic N) is 1. The normalized spacial score (nSPS) is 17.4. The van der Waals surface area contributed by atoms with Crippen molar-refractivity contribution < 1.29 is 9.59 Å². The van der Waals surface area contributed by atoms with E-state index in [2.05, 4.69) is 27.7 Å². The molecule has 0 aromatic heterocycles. The van der Waals surface area contributed by atoms with Crippen molar-refractivity contribution >= 4 is 41.0 Å². The minimum absolute atomic E-state index is 0.0544. The fourth-order valence-electron chi connectivity index (χ4n) is 3.31. The average Bonchev–Trinajstić information content (AvgIpc) is 3.27. The van der Waals surface area contributed by atoms with Crippen molar-refractivity contribution in [3.05, 3.63) is 65.2 Å². The number of carbonyl (C=O) groups excluding carboxylic acids is 2. The maximum absolute atomic E-state index is 12.4. The van der Waals surface area contributed by atoms with Gasteiger partial charge in [0.25, 0.3) is 5.91 Å². The van der Waals surface area contributed by atoms with Gasteiger partial charge in [0.05, 0.1) is 11.1 Å². The van der Waals surface area contributed by atoms with Gasteiger partial charge < -0.3 is 15.5 Å². The Bertz CT molecular complexity index is 834. The second-order valence-corrected chi connectivity index (χ2v) is 9.54. The quantitative estimate of drug-likeness (QED) is 0.789. The summed E-state index contributed by atoms with van der Waals surface area (Å²) in [6.07, 6.45) is 0. The monoisotopic (exact) mass is 413 g/mol. The summed E-state index contributed by atoms with van der Waals surface area (Å²) in [4.78, 5) is 26.0. The number of hydrogen-bond acceptors (Lipinski definition) is 5. The molecular weight excluding hydrogens is 390 g/mol. The molecule has 2 aliphatic heterocycles. The summed E-state index contributed by atoms with van der Waals surface area (Å²) in [5.41, 5.74) is 4.04. The standard InChI is InChI=1S/C21H23N3O2S2/c25-19-14-24(10-9-22-19)18-7-1-15(2-8-18)13-23-20(26)16-3-5-17(6-4-16)21-27-11-12-28-21/h1-8,21H,9-14H2,(H,22,25)(H,23,26). The van der Waals surface area contributed by atoms with Crippen LogP contribution >= 0.6 is 23.5 Å². The lowest BCUT2D eigenvalue weighted by Gasteiger charge is -2.28. The van der Waals surface area contributed by atoms with Crippen molar-refractivity contribution in [3.8, 4) is 0 Å². The second kappa shape index (κ2) is 8.92. The predicted molar refractivity (Wildman–Crippen MR) is 117 cm³/mol. The zero-order valence-corrected chi connectivity index (χ0v) is 17.2. The Morgan fingerprint density at radius 1 is 1.07 bits per heavy atom. The molecule has 2 aromatic carbocycles. The first-order chi connectivity index (χ1) is 13.7. The Hall–Kier alpha value is -2.12. The van der Waals surface area contributed by atoms with Gasteiger partial charge in [-0.2, -0.15) is 0 Å². The summed E-state index contributed by atoms with van der Waals surface area (Å²) >= 11 is 3.93. The van der Waals surface area contributed by atoms with E-state index in [1.165, 1.54) is 17.1 Å². The van der Waals surface area contributed by atoms with Crippen LogP contribution in [0, 0.1) is 0 Å². The highest BCUT2D eigenvalue weighted by molar-refractivity contribution is 8.19. The number of thioether (sulfide) groups is 2. The van der Waals surface area contributed by atoms with Crippen LogP contribution in [-0.2, 0) is 11.3 Å². The number of amides is 2. The summed E-state index contributed by atoms with van der Waals surface area (Å²) in [6, 6.07) is 16.0. The first-order valence-electron chi connectivity index (χ1n) is 9.41. The third-order valence-electron chi connectivity index (χ3n) is 4.86. The van der Waals surface area contributed by atoms with Crippen LogP contribution in [0.2, 0.25) is 0 Å². The number of anilines is 1. The van der Waals surface area contributed by atoms with E-state index in [0.29, 0.717) is 29.8 Å². The molecule has 2 saturated heterocycles. The number of piperazine rings is 1. The number of hydrogen-bond donors (Lipinski definition) is 2. The molecule has 0 saturated carbocycles. The van der Waals surface area contributed by atoms with Crippen LogP contribution in [0.5, 0.6) is 0 Å². The minimum Gasteiger partial charge on any atom is -0.360 e. The molecule has 146 valence electrons. The highest BCUT2D eigenvalue weighted by atomic mass is 32.2. The molecule has 7 heteroatoms. The number of carbonyl (C=O) groups is 2. The van der Waals surface area contributed by atoms with Gasteiger partial charge in [-0.05, 0) is 35.4 Å². The van der Waals surface area contributed by atoms with Crippen LogP contribution in [-0.4, -0.2) is 43.0 Å². The fraction of sp³-hybridized carbons (Fsp3) is 0.333. The van der Waals surface area contributed by atoms with Crippen molar-refractivity contribution in [2.75, 3.05) is 36.0 Å². The van der Waals surface area contributed by atoms with E-state index < -0.39 is 0 Å². The molecule has 4 rings (SSSR count). The van der Waals surface area contributed by atoms with Crippen molar-refractivity contribution in [1.82, 2.24) is 10.6 Å². The van der Waals surface area contributed by atoms with Crippen LogP contribution < -0.4 is 15.5 Å². The zero-order valence-electron chi connectivity index (χ0n) is 15.5. The molecule has 2 N–H and O–H groups in total. The molecule has 2 aliphatic rings. The summed E-state index contributed by atoms with van der Waals surface area (Å²) in [6.45, 7) is 2.36. The first-order valence-corrected chi connectivity index (χ1v) is 11.5. The molecule has 2 aromatic rings. The van der Waals surface area contributed by atoms with Crippen molar-refractivity contribution in [1.29, 1.82) is 0 Å². The van der Waals surface area contributed by atoms with Gasteiger partial charge in [-0.25, -0.2) is 0 Å². The van der Waals surface area contributed by atoms with Crippen LogP contribution in [0.1, 0.15) is 26.1 Å². The Balaban J connectivity index is 1.31. The van der Waals surface area contributed by atoms with Gasteiger partial charge in [0.15, 0.2) is 0 Å². The third-order valence-corrected chi connectivity index (χ3v) is 7.96. The van der Waals surface area contributed by atoms with Crippen LogP contribution in [0.3, 0.4) is 0 Å². The molecule has 0 atom stereocenters. The summed E-state index contributed by atoms with van der Waals surface area (Å²) < 4.78 is 0.501. The molecule has 0 unspecified atom stereocenters. The fourth-order valence-corrected chi connectivity index (χ4v) is 6.17. The van der Waals surface area contributed by atoms with E-state index in [-0.39, 0.29) is 11.8 Å². The van der Waals surface area contributed by atoms with E-state index in [9.17, 15) is 9.59 Å². The molecule has 2 amide bonds. The van der Waals surface area contributed by atoms with Gasteiger partial charge in [0, 0.05) is 42.4 Å². The molecule has 28 heavy (non-hydrogen) atoms.